The highest BCUT2D eigenvalue weighted by atomic mass is 35.5. The van der Waals surface area contributed by atoms with E-state index in [4.69, 9.17) is 11.6 Å². The van der Waals surface area contributed by atoms with E-state index in [1.165, 1.54) is 11.0 Å². The second-order valence-electron chi connectivity index (χ2n) is 5.72. The van der Waals surface area contributed by atoms with E-state index in [-0.39, 0.29) is 17.4 Å². The summed E-state index contributed by atoms with van der Waals surface area (Å²) >= 11 is 5.82. The van der Waals surface area contributed by atoms with Crippen LogP contribution >= 0.6 is 11.6 Å². The Kier molecular flexibility index (Phi) is 4.99. The maximum Gasteiger partial charge on any atom is 0.254 e. The number of carbonyl (C=O) groups is 2. The fourth-order valence-corrected chi connectivity index (χ4v) is 2.83. The molecule has 0 saturated carbocycles. The highest BCUT2D eigenvalue weighted by Gasteiger charge is 2.25. The number of hydrogen-bond donors (Lipinski definition) is 0. The molecule has 3 rings (SSSR count). The lowest BCUT2D eigenvalue weighted by molar-refractivity contribution is 0.0535. The summed E-state index contributed by atoms with van der Waals surface area (Å²) in [6.07, 6.45) is 0. The van der Waals surface area contributed by atoms with Crippen molar-refractivity contribution in [1.82, 2.24) is 9.80 Å². The summed E-state index contributed by atoms with van der Waals surface area (Å²) in [7, 11) is 0. The molecule has 2 aromatic carbocycles. The van der Waals surface area contributed by atoms with Gasteiger partial charge in [-0.1, -0.05) is 11.6 Å². The van der Waals surface area contributed by atoms with Crippen LogP contribution in [0.5, 0.6) is 0 Å². The molecule has 7 heteroatoms. The molecule has 0 bridgehead atoms. The van der Waals surface area contributed by atoms with E-state index in [1.807, 2.05) is 0 Å². The molecule has 0 radical (unpaired) electrons. The molecule has 2 amide bonds. The zero-order chi connectivity index (χ0) is 18.0. The highest BCUT2D eigenvalue weighted by molar-refractivity contribution is 6.30. The number of amides is 2. The molecule has 1 fully saturated rings. The molecule has 0 aromatic heterocycles. The molecule has 0 aliphatic carbocycles. The minimum Gasteiger partial charge on any atom is -0.335 e. The Balaban J connectivity index is 1.63. The van der Waals surface area contributed by atoms with E-state index in [0.717, 1.165) is 12.1 Å². The molecule has 1 heterocycles. The van der Waals surface area contributed by atoms with Gasteiger partial charge in [0.05, 0.1) is 0 Å². The van der Waals surface area contributed by atoms with Gasteiger partial charge >= 0.3 is 0 Å². The fraction of sp³-hybridized carbons (Fsp3) is 0.222. The third-order valence-electron chi connectivity index (χ3n) is 4.11. The lowest BCUT2D eigenvalue weighted by Gasteiger charge is -2.34. The number of piperazine rings is 1. The average Bonchev–Trinajstić information content (AvgIpc) is 2.63. The first kappa shape index (κ1) is 17.4. The van der Waals surface area contributed by atoms with Crippen molar-refractivity contribution in [2.24, 2.45) is 0 Å². The zero-order valence-corrected chi connectivity index (χ0v) is 14.0. The standard InChI is InChI=1S/C18H15ClF2N2O2/c19-14-4-1-12(2-5-14)17(24)22-7-9-23(10-8-22)18(25)13-3-6-15(20)16(21)11-13/h1-6,11H,7-10H2. The summed E-state index contributed by atoms with van der Waals surface area (Å²) in [5.41, 5.74) is 0.626. The maximum absolute atomic E-state index is 13.3. The SMILES string of the molecule is O=C(c1ccc(Cl)cc1)N1CCN(C(=O)c2ccc(F)c(F)c2)CC1. The molecule has 1 aliphatic rings. The molecule has 0 spiro atoms. The summed E-state index contributed by atoms with van der Waals surface area (Å²) in [5, 5.41) is 0.554. The van der Waals surface area contributed by atoms with Gasteiger partial charge in [0.15, 0.2) is 11.6 Å². The molecule has 1 saturated heterocycles. The van der Waals surface area contributed by atoms with Crippen molar-refractivity contribution >= 4 is 23.4 Å². The molecule has 1 aliphatic heterocycles. The second-order valence-corrected chi connectivity index (χ2v) is 6.16. The molecule has 0 atom stereocenters. The van der Waals surface area contributed by atoms with Gasteiger partial charge in [0, 0.05) is 42.3 Å². The molecular weight excluding hydrogens is 350 g/mol. The summed E-state index contributed by atoms with van der Waals surface area (Å²) in [5.74, 6) is -2.55. The van der Waals surface area contributed by atoms with Crippen molar-refractivity contribution in [1.29, 1.82) is 0 Å². The Labute approximate surface area is 148 Å². The smallest absolute Gasteiger partial charge is 0.254 e. The van der Waals surface area contributed by atoms with Crippen LogP contribution in [-0.4, -0.2) is 47.8 Å². The molecule has 25 heavy (non-hydrogen) atoms. The Hall–Kier alpha value is -2.47. The minimum absolute atomic E-state index is 0.0939. The largest absolute Gasteiger partial charge is 0.335 e. The normalized spacial score (nSPS) is 14.5. The fourth-order valence-electron chi connectivity index (χ4n) is 2.70. The number of halogens is 3. The van der Waals surface area contributed by atoms with Crippen LogP contribution in [0.1, 0.15) is 20.7 Å². The Morgan fingerprint density at radius 1 is 0.760 bits per heavy atom. The minimum atomic E-state index is -1.05. The summed E-state index contributed by atoms with van der Waals surface area (Å²) in [6.45, 7) is 1.40. The predicted octanol–water partition coefficient (Wildman–Crippen LogP) is 3.22. The number of benzene rings is 2. The first-order valence-corrected chi connectivity index (χ1v) is 8.12. The van der Waals surface area contributed by atoms with Crippen LogP contribution in [0.2, 0.25) is 5.02 Å². The van der Waals surface area contributed by atoms with Crippen LogP contribution in [0.25, 0.3) is 0 Å². The lowest BCUT2D eigenvalue weighted by Crippen LogP contribution is -2.50. The topological polar surface area (TPSA) is 40.6 Å². The van der Waals surface area contributed by atoms with Crippen molar-refractivity contribution < 1.29 is 18.4 Å². The first-order chi connectivity index (χ1) is 12.0. The van der Waals surface area contributed by atoms with Crippen molar-refractivity contribution in [3.05, 3.63) is 70.2 Å². The van der Waals surface area contributed by atoms with Gasteiger partial charge in [-0.05, 0) is 42.5 Å². The van der Waals surface area contributed by atoms with E-state index in [9.17, 15) is 18.4 Å². The molecule has 4 nitrogen and oxygen atoms in total. The molecule has 130 valence electrons. The average molecular weight is 365 g/mol. The molecule has 0 N–H and O–H groups in total. The van der Waals surface area contributed by atoms with Gasteiger partial charge in [-0.3, -0.25) is 9.59 Å². The number of hydrogen-bond acceptors (Lipinski definition) is 2. The summed E-state index contributed by atoms with van der Waals surface area (Å²) in [4.78, 5) is 28.0. The van der Waals surface area contributed by atoms with Gasteiger partial charge in [-0.2, -0.15) is 0 Å². The number of nitrogens with zero attached hydrogens (tertiary/aromatic N) is 2. The molecular formula is C18H15ClF2N2O2. The highest BCUT2D eigenvalue weighted by Crippen LogP contribution is 2.15. The Bertz CT molecular complexity index is 803. The van der Waals surface area contributed by atoms with Crippen LogP contribution in [-0.2, 0) is 0 Å². The van der Waals surface area contributed by atoms with Crippen molar-refractivity contribution in [2.75, 3.05) is 26.2 Å². The van der Waals surface area contributed by atoms with Gasteiger partial charge < -0.3 is 9.80 Å². The molecule has 0 unspecified atom stereocenters. The summed E-state index contributed by atoms with van der Waals surface area (Å²) < 4.78 is 26.3. The number of carbonyl (C=O) groups excluding carboxylic acids is 2. The van der Waals surface area contributed by atoms with Crippen LogP contribution in [0.3, 0.4) is 0 Å². The van der Waals surface area contributed by atoms with Gasteiger partial charge in [-0.15, -0.1) is 0 Å². The van der Waals surface area contributed by atoms with Crippen LogP contribution in [0.15, 0.2) is 42.5 Å². The third-order valence-corrected chi connectivity index (χ3v) is 4.36. The number of rotatable bonds is 2. The van der Waals surface area contributed by atoms with E-state index < -0.39 is 11.6 Å². The maximum atomic E-state index is 13.3. The van der Waals surface area contributed by atoms with Crippen molar-refractivity contribution in [3.8, 4) is 0 Å². The Morgan fingerprint density at radius 3 is 1.76 bits per heavy atom. The van der Waals surface area contributed by atoms with Crippen molar-refractivity contribution in [2.45, 2.75) is 0 Å². The van der Waals surface area contributed by atoms with Crippen LogP contribution in [0.4, 0.5) is 8.78 Å². The zero-order valence-electron chi connectivity index (χ0n) is 13.2. The van der Waals surface area contributed by atoms with E-state index in [1.54, 1.807) is 29.2 Å². The van der Waals surface area contributed by atoms with E-state index >= 15 is 0 Å². The lowest BCUT2D eigenvalue weighted by atomic mass is 10.1. The quantitative estimate of drug-likeness (QED) is 0.821. The van der Waals surface area contributed by atoms with E-state index in [2.05, 4.69) is 0 Å². The monoisotopic (exact) mass is 364 g/mol. The summed E-state index contributed by atoms with van der Waals surface area (Å²) in [6, 6.07) is 9.69. The van der Waals surface area contributed by atoms with E-state index in [0.29, 0.717) is 36.8 Å². The van der Waals surface area contributed by atoms with Crippen molar-refractivity contribution in [3.63, 3.8) is 0 Å². The molecule has 2 aromatic rings. The van der Waals surface area contributed by atoms with Gasteiger partial charge in [-0.25, -0.2) is 8.78 Å². The van der Waals surface area contributed by atoms with Gasteiger partial charge in [0.2, 0.25) is 0 Å². The first-order valence-electron chi connectivity index (χ1n) is 7.75. The third kappa shape index (κ3) is 3.79. The Morgan fingerprint density at radius 2 is 1.24 bits per heavy atom. The van der Waals surface area contributed by atoms with Crippen LogP contribution < -0.4 is 0 Å². The van der Waals surface area contributed by atoms with Gasteiger partial charge in [0.25, 0.3) is 11.8 Å². The predicted molar refractivity (Wildman–Crippen MR) is 89.6 cm³/mol. The van der Waals surface area contributed by atoms with Crippen LogP contribution in [0, 0.1) is 11.6 Å². The van der Waals surface area contributed by atoms with Gasteiger partial charge in [0.1, 0.15) is 0 Å². The second kappa shape index (κ2) is 7.19.